The molecule has 0 radical (unpaired) electrons. The van der Waals surface area contributed by atoms with Gasteiger partial charge in [-0.1, -0.05) is 11.6 Å². The summed E-state index contributed by atoms with van der Waals surface area (Å²) in [6.45, 7) is 1.57. The molecule has 5 heteroatoms. The lowest BCUT2D eigenvalue weighted by Crippen LogP contribution is -2.12. The molecular weight excluding hydrogens is 266 g/mol. The molecular formula is C14H16ClNO3. The predicted molar refractivity (Wildman–Crippen MR) is 73.1 cm³/mol. The summed E-state index contributed by atoms with van der Waals surface area (Å²) in [7, 11) is 1.63. The van der Waals surface area contributed by atoms with E-state index in [0.29, 0.717) is 24.7 Å². The number of halogens is 1. The van der Waals surface area contributed by atoms with Crippen molar-refractivity contribution in [2.24, 2.45) is 0 Å². The van der Waals surface area contributed by atoms with Crippen molar-refractivity contribution in [3.63, 3.8) is 0 Å². The summed E-state index contributed by atoms with van der Waals surface area (Å²) in [6, 6.07) is 8.77. The van der Waals surface area contributed by atoms with E-state index in [1.54, 1.807) is 25.3 Å². The van der Waals surface area contributed by atoms with Crippen LogP contribution in [0.15, 0.2) is 34.7 Å². The van der Waals surface area contributed by atoms with E-state index in [0.717, 1.165) is 17.1 Å². The Morgan fingerprint density at radius 2 is 2.00 bits per heavy atom. The highest BCUT2D eigenvalue weighted by Gasteiger charge is 2.04. The summed E-state index contributed by atoms with van der Waals surface area (Å²) in [5, 5.41) is 13.5. The summed E-state index contributed by atoms with van der Waals surface area (Å²) >= 11 is 5.88. The largest absolute Gasteiger partial charge is 0.508 e. The van der Waals surface area contributed by atoms with Crippen LogP contribution in [-0.2, 0) is 24.4 Å². The topological polar surface area (TPSA) is 54.6 Å². The number of phenols is 1. The molecule has 0 saturated carbocycles. The van der Waals surface area contributed by atoms with Gasteiger partial charge in [0.15, 0.2) is 0 Å². The molecule has 0 atom stereocenters. The number of ether oxygens (including phenoxy) is 1. The van der Waals surface area contributed by atoms with E-state index in [1.165, 1.54) is 0 Å². The van der Waals surface area contributed by atoms with Crippen LogP contribution in [0.3, 0.4) is 0 Å². The third-order valence-electron chi connectivity index (χ3n) is 2.66. The fourth-order valence-corrected chi connectivity index (χ4v) is 1.95. The maximum absolute atomic E-state index is 9.67. The van der Waals surface area contributed by atoms with Gasteiger partial charge in [-0.3, -0.25) is 0 Å². The molecule has 0 amide bonds. The Balaban J connectivity index is 1.87. The van der Waals surface area contributed by atoms with Gasteiger partial charge in [0, 0.05) is 24.2 Å². The number of aromatic hydroxyl groups is 1. The van der Waals surface area contributed by atoms with Crippen molar-refractivity contribution >= 4 is 11.6 Å². The number of phenolic OH excluding ortho intramolecular Hbond substituents is 1. The van der Waals surface area contributed by atoms with Crippen molar-refractivity contribution in [3.05, 3.63) is 52.4 Å². The molecule has 0 bridgehead atoms. The summed E-state index contributed by atoms with van der Waals surface area (Å²) in [4.78, 5) is 0. The fourth-order valence-electron chi connectivity index (χ4n) is 1.75. The molecule has 0 aliphatic heterocycles. The molecule has 1 heterocycles. The summed E-state index contributed by atoms with van der Waals surface area (Å²) < 4.78 is 10.5. The third kappa shape index (κ3) is 3.99. The second kappa shape index (κ2) is 6.61. The lowest BCUT2D eigenvalue weighted by molar-refractivity contribution is 0.162. The Morgan fingerprint density at radius 3 is 2.79 bits per heavy atom. The second-order valence-corrected chi connectivity index (χ2v) is 4.61. The standard InChI is InChI=1S/C14H16ClNO3/c1-18-9-13-4-3-12(19-13)8-16-7-10-6-11(15)2-5-14(10)17/h2-6,16-17H,7-9H2,1H3. The summed E-state index contributed by atoms with van der Waals surface area (Å²) in [5.41, 5.74) is 0.760. The Labute approximate surface area is 117 Å². The molecule has 1 aromatic heterocycles. The first kappa shape index (κ1) is 13.9. The Kier molecular flexibility index (Phi) is 4.85. The number of benzene rings is 1. The Bertz CT molecular complexity index is 539. The number of furan rings is 1. The Morgan fingerprint density at radius 1 is 1.21 bits per heavy atom. The average molecular weight is 282 g/mol. The monoisotopic (exact) mass is 281 g/mol. The molecule has 19 heavy (non-hydrogen) atoms. The highest BCUT2D eigenvalue weighted by molar-refractivity contribution is 6.30. The van der Waals surface area contributed by atoms with E-state index in [-0.39, 0.29) is 5.75 Å². The maximum Gasteiger partial charge on any atom is 0.129 e. The molecule has 2 rings (SSSR count). The van der Waals surface area contributed by atoms with Crippen molar-refractivity contribution in [2.75, 3.05) is 7.11 Å². The van der Waals surface area contributed by atoms with Crippen LogP contribution < -0.4 is 5.32 Å². The zero-order valence-corrected chi connectivity index (χ0v) is 11.4. The Hall–Kier alpha value is -1.49. The number of nitrogens with one attached hydrogen (secondary N) is 1. The van der Waals surface area contributed by atoms with Crippen LogP contribution in [0.25, 0.3) is 0 Å². The molecule has 0 spiro atoms. The van der Waals surface area contributed by atoms with Crippen LogP contribution in [0.4, 0.5) is 0 Å². The van der Waals surface area contributed by atoms with Crippen LogP contribution in [0.1, 0.15) is 17.1 Å². The van der Waals surface area contributed by atoms with E-state index in [1.807, 2.05) is 12.1 Å². The molecule has 0 aliphatic carbocycles. The fraction of sp³-hybridized carbons (Fsp3) is 0.286. The van der Waals surface area contributed by atoms with E-state index in [4.69, 9.17) is 20.8 Å². The minimum absolute atomic E-state index is 0.233. The lowest BCUT2D eigenvalue weighted by atomic mass is 10.2. The number of rotatable bonds is 6. The van der Waals surface area contributed by atoms with E-state index >= 15 is 0 Å². The van der Waals surface area contributed by atoms with Gasteiger partial charge in [0.05, 0.1) is 6.54 Å². The third-order valence-corrected chi connectivity index (χ3v) is 2.90. The molecule has 0 saturated heterocycles. The predicted octanol–water partition coefficient (Wildman–Crippen LogP) is 3.07. The van der Waals surface area contributed by atoms with E-state index in [9.17, 15) is 5.11 Å². The van der Waals surface area contributed by atoms with Crippen LogP contribution >= 0.6 is 11.6 Å². The zero-order valence-electron chi connectivity index (χ0n) is 10.6. The number of methoxy groups -OCH3 is 1. The average Bonchev–Trinajstić information content (AvgIpc) is 2.82. The minimum atomic E-state index is 0.233. The number of hydrogen-bond donors (Lipinski definition) is 2. The van der Waals surface area contributed by atoms with E-state index < -0.39 is 0 Å². The van der Waals surface area contributed by atoms with Gasteiger partial charge in [-0.25, -0.2) is 0 Å². The molecule has 4 nitrogen and oxygen atoms in total. The quantitative estimate of drug-likeness (QED) is 0.854. The summed E-state index contributed by atoms with van der Waals surface area (Å²) in [5.74, 6) is 1.86. The van der Waals surface area contributed by atoms with Crippen LogP contribution in [0, 0.1) is 0 Å². The first-order valence-electron chi connectivity index (χ1n) is 5.93. The van der Waals surface area contributed by atoms with Crippen molar-refractivity contribution in [1.29, 1.82) is 0 Å². The first-order valence-corrected chi connectivity index (χ1v) is 6.31. The normalized spacial score (nSPS) is 10.8. The van der Waals surface area contributed by atoms with Gasteiger partial charge in [0.2, 0.25) is 0 Å². The highest BCUT2D eigenvalue weighted by Crippen LogP contribution is 2.21. The summed E-state index contributed by atoms with van der Waals surface area (Å²) in [6.07, 6.45) is 0. The van der Waals surface area contributed by atoms with Gasteiger partial charge in [-0.2, -0.15) is 0 Å². The molecule has 2 aromatic rings. The molecule has 0 fully saturated rings. The van der Waals surface area contributed by atoms with Gasteiger partial charge < -0.3 is 19.6 Å². The lowest BCUT2D eigenvalue weighted by Gasteiger charge is -2.06. The van der Waals surface area contributed by atoms with Gasteiger partial charge in [0.25, 0.3) is 0 Å². The molecule has 0 aliphatic rings. The van der Waals surface area contributed by atoms with Crippen LogP contribution in [0.5, 0.6) is 5.75 Å². The second-order valence-electron chi connectivity index (χ2n) is 4.18. The van der Waals surface area contributed by atoms with E-state index in [2.05, 4.69) is 5.32 Å². The minimum Gasteiger partial charge on any atom is -0.508 e. The van der Waals surface area contributed by atoms with Crippen molar-refractivity contribution in [2.45, 2.75) is 19.7 Å². The molecule has 102 valence electrons. The van der Waals surface area contributed by atoms with Gasteiger partial charge in [0.1, 0.15) is 23.9 Å². The maximum atomic E-state index is 9.67. The highest BCUT2D eigenvalue weighted by atomic mass is 35.5. The molecule has 2 N–H and O–H groups in total. The van der Waals surface area contributed by atoms with Crippen LogP contribution in [0.2, 0.25) is 5.02 Å². The van der Waals surface area contributed by atoms with Gasteiger partial charge >= 0.3 is 0 Å². The van der Waals surface area contributed by atoms with Crippen molar-refractivity contribution in [1.82, 2.24) is 5.32 Å². The van der Waals surface area contributed by atoms with Gasteiger partial charge in [-0.05, 0) is 30.3 Å². The smallest absolute Gasteiger partial charge is 0.129 e. The molecule has 1 aromatic carbocycles. The zero-order chi connectivity index (χ0) is 13.7. The van der Waals surface area contributed by atoms with Crippen LogP contribution in [-0.4, -0.2) is 12.2 Å². The SMILES string of the molecule is COCc1ccc(CNCc2cc(Cl)ccc2O)o1. The van der Waals surface area contributed by atoms with Crippen molar-refractivity contribution < 1.29 is 14.3 Å². The van der Waals surface area contributed by atoms with Crippen molar-refractivity contribution in [3.8, 4) is 5.75 Å². The number of hydrogen-bond acceptors (Lipinski definition) is 4. The molecule has 0 unspecified atom stereocenters. The first-order chi connectivity index (χ1) is 9.19. The van der Waals surface area contributed by atoms with Gasteiger partial charge in [-0.15, -0.1) is 0 Å².